The number of carbonyl (C=O) groups excluding carboxylic acids is 2. The molecule has 3 aromatic carbocycles. The molecule has 2 atom stereocenters. The number of nitrogens with one attached hydrogen (secondary N) is 2. The van der Waals surface area contributed by atoms with Gasteiger partial charge in [0.25, 0.3) is 11.8 Å². The first-order valence-electron chi connectivity index (χ1n) is 11.9. The molecule has 0 aliphatic heterocycles. The summed E-state index contributed by atoms with van der Waals surface area (Å²) in [4.78, 5) is 26.0. The average Bonchev–Trinajstić information content (AvgIpc) is 2.90. The van der Waals surface area contributed by atoms with Crippen molar-refractivity contribution in [1.82, 2.24) is 10.7 Å². The van der Waals surface area contributed by atoms with E-state index >= 15 is 0 Å². The van der Waals surface area contributed by atoms with Gasteiger partial charge in [-0.05, 0) is 61.4 Å². The predicted octanol–water partition coefficient (Wildman–Crippen LogP) is 5.05. The Hall–Kier alpha value is -3.75. The highest BCUT2D eigenvalue weighted by Crippen LogP contribution is 2.29. The van der Waals surface area contributed by atoms with Crippen LogP contribution in [-0.2, 0) is 16.0 Å². The van der Waals surface area contributed by atoms with Crippen LogP contribution < -0.4 is 25.0 Å². The molecule has 0 aromatic heterocycles. The zero-order valence-electron chi connectivity index (χ0n) is 21.2. The molecule has 0 unspecified atom stereocenters. The van der Waals surface area contributed by atoms with E-state index in [0.717, 1.165) is 5.56 Å². The minimum atomic E-state index is -0.931. The summed E-state index contributed by atoms with van der Waals surface area (Å²) in [7, 11) is 1.56. The number of benzene rings is 3. The number of methoxy groups -OCH3 is 1. The number of nitrogens with zero attached hydrogens (tertiary/aromatic N) is 1. The Morgan fingerprint density at radius 2 is 1.71 bits per heavy atom. The van der Waals surface area contributed by atoms with Crippen molar-refractivity contribution in [3.8, 4) is 17.2 Å². The Balaban J connectivity index is 1.70. The number of ether oxygens (including phenoxy) is 3. The van der Waals surface area contributed by atoms with Crippen molar-refractivity contribution in [2.24, 2.45) is 5.10 Å². The highest BCUT2D eigenvalue weighted by atomic mass is 35.5. The fourth-order valence-corrected chi connectivity index (χ4v) is 3.91. The normalized spacial score (nSPS) is 12.4. The molecule has 0 radical (unpaired) electrons. The first kappa shape index (κ1) is 28.8. The highest BCUT2D eigenvalue weighted by Gasteiger charge is 2.25. The van der Waals surface area contributed by atoms with Gasteiger partial charge in [0.1, 0.15) is 11.8 Å². The van der Waals surface area contributed by atoms with Crippen LogP contribution in [0.1, 0.15) is 25.0 Å². The summed E-state index contributed by atoms with van der Waals surface area (Å²) >= 11 is 12.1. The Bertz CT molecular complexity index is 1270. The Kier molecular flexibility index (Phi) is 10.8. The van der Waals surface area contributed by atoms with E-state index in [9.17, 15) is 9.59 Å². The first-order chi connectivity index (χ1) is 18.3. The molecule has 2 amide bonds. The third-order valence-corrected chi connectivity index (χ3v) is 5.89. The summed E-state index contributed by atoms with van der Waals surface area (Å²) in [5, 5.41) is 7.54. The van der Waals surface area contributed by atoms with Crippen LogP contribution in [0.3, 0.4) is 0 Å². The number of hydrogen-bond acceptors (Lipinski definition) is 6. The monoisotopic (exact) mass is 557 g/mol. The van der Waals surface area contributed by atoms with Crippen LogP contribution in [0.25, 0.3) is 0 Å². The second-order valence-corrected chi connectivity index (χ2v) is 9.01. The van der Waals surface area contributed by atoms with Gasteiger partial charge in [0.05, 0.1) is 25.0 Å². The topological polar surface area (TPSA) is 98.2 Å². The molecule has 0 heterocycles. The summed E-state index contributed by atoms with van der Waals surface area (Å²) in [5.41, 5.74) is 4.07. The van der Waals surface area contributed by atoms with Gasteiger partial charge >= 0.3 is 0 Å². The van der Waals surface area contributed by atoms with Gasteiger partial charge in [-0.2, -0.15) is 5.10 Å². The van der Waals surface area contributed by atoms with E-state index in [0.29, 0.717) is 34.4 Å². The molecular weight excluding hydrogens is 529 g/mol. The van der Waals surface area contributed by atoms with Crippen molar-refractivity contribution < 1.29 is 23.8 Å². The van der Waals surface area contributed by atoms with Gasteiger partial charge in [-0.1, -0.05) is 53.5 Å². The van der Waals surface area contributed by atoms with E-state index in [-0.39, 0.29) is 11.4 Å². The van der Waals surface area contributed by atoms with Gasteiger partial charge in [-0.25, -0.2) is 5.43 Å². The summed E-state index contributed by atoms with van der Waals surface area (Å²) in [6.07, 6.45) is 0.800. The van der Waals surface area contributed by atoms with Gasteiger partial charge in [0.15, 0.2) is 17.6 Å². The molecule has 0 fully saturated rings. The molecule has 0 bridgehead atoms. The zero-order chi connectivity index (χ0) is 27.5. The third kappa shape index (κ3) is 8.39. The van der Waals surface area contributed by atoms with Crippen LogP contribution in [0.2, 0.25) is 10.0 Å². The SMILES string of the molecule is CCOc1cc(/C=N\NC(=O)[C@@H](Cc2ccccc2)NC(=O)[C@@H](C)Oc2ccc(Cl)cc2Cl)ccc1OC. The van der Waals surface area contributed by atoms with E-state index in [1.807, 2.05) is 37.3 Å². The summed E-state index contributed by atoms with van der Waals surface area (Å²) in [6, 6.07) is 18.4. The van der Waals surface area contributed by atoms with E-state index in [1.54, 1.807) is 44.4 Å². The van der Waals surface area contributed by atoms with Crippen molar-refractivity contribution in [2.45, 2.75) is 32.4 Å². The van der Waals surface area contributed by atoms with Gasteiger partial charge in [-0.3, -0.25) is 9.59 Å². The number of hydrazone groups is 1. The lowest BCUT2D eigenvalue weighted by atomic mass is 10.1. The molecule has 0 aliphatic carbocycles. The van der Waals surface area contributed by atoms with Gasteiger partial charge in [0, 0.05) is 11.4 Å². The fraction of sp³-hybridized carbons (Fsp3) is 0.250. The number of amides is 2. The van der Waals surface area contributed by atoms with Crippen LogP contribution in [0, 0.1) is 0 Å². The lowest BCUT2D eigenvalue weighted by molar-refractivity contribution is -0.132. The lowest BCUT2D eigenvalue weighted by Gasteiger charge is -2.21. The van der Waals surface area contributed by atoms with Gasteiger partial charge in [-0.15, -0.1) is 0 Å². The molecule has 0 saturated heterocycles. The van der Waals surface area contributed by atoms with Gasteiger partial charge in [0.2, 0.25) is 0 Å². The van der Waals surface area contributed by atoms with Crippen molar-refractivity contribution in [3.05, 3.63) is 87.9 Å². The number of rotatable bonds is 12. The van der Waals surface area contributed by atoms with Crippen LogP contribution in [0.4, 0.5) is 0 Å². The van der Waals surface area contributed by atoms with E-state index < -0.39 is 24.0 Å². The Morgan fingerprint density at radius 3 is 2.39 bits per heavy atom. The maximum atomic E-state index is 13.1. The summed E-state index contributed by atoms with van der Waals surface area (Å²) in [5.74, 6) is 0.476. The van der Waals surface area contributed by atoms with Crippen LogP contribution >= 0.6 is 23.2 Å². The predicted molar refractivity (Wildman–Crippen MR) is 149 cm³/mol. The average molecular weight is 558 g/mol. The second kappa shape index (κ2) is 14.3. The maximum Gasteiger partial charge on any atom is 0.262 e. The highest BCUT2D eigenvalue weighted by molar-refractivity contribution is 6.35. The fourth-order valence-electron chi connectivity index (χ4n) is 3.45. The molecule has 2 N–H and O–H groups in total. The van der Waals surface area contributed by atoms with Gasteiger partial charge < -0.3 is 19.5 Å². The van der Waals surface area contributed by atoms with Crippen LogP contribution in [0.15, 0.2) is 71.8 Å². The molecule has 0 saturated carbocycles. The maximum absolute atomic E-state index is 13.1. The molecule has 10 heteroatoms. The number of hydrogen-bond donors (Lipinski definition) is 2. The minimum Gasteiger partial charge on any atom is -0.493 e. The van der Waals surface area contributed by atoms with E-state index in [4.69, 9.17) is 37.4 Å². The molecule has 8 nitrogen and oxygen atoms in total. The lowest BCUT2D eigenvalue weighted by Crippen LogP contribution is -2.50. The zero-order valence-corrected chi connectivity index (χ0v) is 22.8. The molecule has 0 aliphatic rings. The number of halogens is 2. The van der Waals surface area contributed by atoms with Crippen molar-refractivity contribution >= 4 is 41.2 Å². The van der Waals surface area contributed by atoms with E-state index in [2.05, 4.69) is 15.8 Å². The Labute approximate surface area is 231 Å². The van der Waals surface area contributed by atoms with Crippen molar-refractivity contribution in [3.63, 3.8) is 0 Å². The second-order valence-electron chi connectivity index (χ2n) is 8.16. The van der Waals surface area contributed by atoms with Crippen molar-refractivity contribution in [1.29, 1.82) is 0 Å². The quantitative estimate of drug-likeness (QED) is 0.240. The van der Waals surface area contributed by atoms with E-state index in [1.165, 1.54) is 12.3 Å². The molecule has 200 valence electrons. The van der Waals surface area contributed by atoms with Crippen LogP contribution in [-0.4, -0.2) is 43.9 Å². The third-order valence-electron chi connectivity index (χ3n) is 5.36. The van der Waals surface area contributed by atoms with Crippen LogP contribution in [0.5, 0.6) is 17.2 Å². The smallest absolute Gasteiger partial charge is 0.262 e. The molecular formula is C28H29Cl2N3O5. The number of carbonyl (C=O) groups is 2. The largest absolute Gasteiger partial charge is 0.493 e. The minimum absolute atomic E-state index is 0.249. The first-order valence-corrected chi connectivity index (χ1v) is 12.7. The van der Waals surface area contributed by atoms with Crippen molar-refractivity contribution in [2.75, 3.05) is 13.7 Å². The summed E-state index contributed by atoms with van der Waals surface area (Å²) < 4.78 is 16.6. The Morgan fingerprint density at radius 1 is 0.974 bits per heavy atom. The summed E-state index contributed by atoms with van der Waals surface area (Å²) in [6.45, 7) is 3.91. The molecule has 38 heavy (non-hydrogen) atoms. The molecule has 3 rings (SSSR count). The molecule has 0 spiro atoms. The molecule has 3 aromatic rings. The standard InChI is InChI=1S/C28H29Cl2N3O5/c1-4-37-26-15-20(10-12-25(26)36-3)17-31-33-28(35)23(14-19-8-6-5-7-9-19)32-27(34)18(2)38-24-13-11-21(29)16-22(24)30/h5-13,15-18,23H,4,14H2,1-3H3,(H,32,34)(H,33,35)/b31-17-/t18-,23-/m1/s1.